The van der Waals surface area contributed by atoms with Gasteiger partial charge in [0.2, 0.25) is 5.91 Å². The molecule has 3 nitrogen and oxygen atoms in total. The van der Waals surface area contributed by atoms with Crippen molar-refractivity contribution >= 4 is 23.2 Å². The van der Waals surface area contributed by atoms with E-state index < -0.39 is 6.04 Å². The van der Waals surface area contributed by atoms with Crippen LogP contribution in [0.15, 0.2) is 18.2 Å². The number of nitrogens with two attached hydrogens (primary N) is 1. The van der Waals surface area contributed by atoms with E-state index in [1.54, 1.807) is 6.07 Å². The van der Waals surface area contributed by atoms with Crippen LogP contribution in [-0.4, -0.2) is 11.9 Å². The number of hydrogen-bond acceptors (Lipinski definition) is 2. The lowest BCUT2D eigenvalue weighted by molar-refractivity contribution is -0.117. The predicted octanol–water partition coefficient (Wildman–Crippen LogP) is 2.71. The van der Waals surface area contributed by atoms with Gasteiger partial charge < -0.3 is 11.1 Å². The molecule has 1 amide bonds. The van der Waals surface area contributed by atoms with Crippen molar-refractivity contribution in [1.82, 2.24) is 0 Å². The second kappa shape index (κ2) is 5.07. The van der Waals surface area contributed by atoms with Gasteiger partial charge in [0.15, 0.2) is 0 Å². The molecule has 1 aromatic rings. The number of amides is 1. The van der Waals surface area contributed by atoms with Crippen molar-refractivity contribution in [2.24, 2.45) is 11.7 Å². The Hall–Kier alpha value is -1.06. The Morgan fingerprint density at radius 2 is 2.29 bits per heavy atom. The fraction of sp³-hybridized carbons (Fsp3) is 0.462. The summed E-state index contributed by atoms with van der Waals surface area (Å²) in [7, 11) is 0. The van der Waals surface area contributed by atoms with Gasteiger partial charge in [-0.05, 0) is 30.9 Å². The number of rotatable bonds is 4. The molecule has 1 aromatic carbocycles. The second-order valence-electron chi connectivity index (χ2n) is 4.71. The highest BCUT2D eigenvalue weighted by molar-refractivity contribution is 6.34. The van der Waals surface area contributed by atoms with Gasteiger partial charge in [0.1, 0.15) is 0 Å². The maximum atomic E-state index is 11.8. The minimum Gasteiger partial charge on any atom is -0.323 e. The molecular weight excluding hydrogens is 236 g/mol. The van der Waals surface area contributed by atoms with Crippen LogP contribution in [0.3, 0.4) is 0 Å². The molecule has 0 spiro atoms. The molecule has 0 unspecified atom stereocenters. The standard InChI is InChI=1S/C13H17ClN2O/c1-8-3-2-4-11(12(8)14)16-13(17)10(15)7-9-5-6-9/h2-4,9-10H,5-7,15H2,1H3,(H,16,17)/t10-/m0/s1. The monoisotopic (exact) mass is 252 g/mol. The van der Waals surface area contributed by atoms with Crippen LogP contribution < -0.4 is 11.1 Å². The van der Waals surface area contributed by atoms with Crippen LogP contribution in [0.1, 0.15) is 24.8 Å². The molecule has 0 bridgehead atoms. The van der Waals surface area contributed by atoms with Gasteiger partial charge in [-0.3, -0.25) is 4.79 Å². The Labute approximate surface area is 106 Å². The molecule has 17 heavy (non-hydrogen) atoms. The summed E-state index contributed by atoms with van der Waals surface area (Å²) in [4.78, 5) is 11.8. The van der Waals surface area contributed by atoms with Crippen molar-refractivity contribution in [3.05, 3.63) is 28.8 Å². The Kier molecular flexibility index (Phi) is 3.69. The quantitative estimate of drug-likeness (QED) is 0.866. The third-order valence-corrected chi connectivity index (χ3v) is 3.57. The van der Waals surface area contributed by atoms with E-state index in [2.05, 4.69) is 5.32 Å². The molecular formula is C13H17ClN2O. The number of benzene rings is 1. The summed E-state index contributed by atoms with van der Waals surface area (Å²) < 4.78 is 0. The summed E-state index contributed by atoms with van der Waals surface area (Å²) in [6.45, 7) is 1.90. The molecule has 0 aromatic heterocycles. The minimum absolute atomic E-state index is 0.149. The molecule has 1 aliphatic rings. The molecule has 2 rings (SSSR count). The number of hydrogen-bond donors (Lipinski definition) is 2. The number of carbonyl (C=O) groups is 1. The maximum Gasteiger partial charge on any atom is 0.241 e. The first-order chi connectivity index (χ1) is 8.08. The number of anilines is 1. The first-order valence-corrected chi connectivity index (χ1v) is 6.27. The molecule has 1 saturated carbocycles. The molecule has 1 atom stereocenters. The largest absolute Gasteiger partial charge is 0.323 e. The molecule has 4 heteroatoms. The van der Waals surface area contributed by atoms with E-state index in [0.29, 0.717) is 16.6 Å². The smallest absolute Gasteiger partial charge is 0.241 e. The molecule has 3 N–H and O–H groups in total. The SMILES string of the molecule is Cc1cccc(NC(=O)[C@@H](N)CC2CC2)c1Cl. The Morgan fingerprint density at radius 3 is 2.94 bits per heavy atom. The molecule has 92 valence electrons. The number of aryl methyl sites for hydroxylation is 1. The molecule has 1 fully saturated rings. The molecule has 0 radical (unpaired) electrons. The summed E-state index contributed by atoms with van der Waals surface area (Å²) in [6, 6.07) is 5.13. The Balaban J connectivity index is 1.99. The van der Waals surface area contributed by atoms with Crippen LogP contribution in [0.2, 0.25) is 5.02 Å². The van der Waals surface area contributed by atoms with Crippen LogP contribution in [-0.2, 0) is 4.79 Å². The lowest BCUT2D eigenvalue weighted by Gasteiger charge is -2.13. The molecule has 0 aliphatic heterocycles. The van der Waals surface area contributed by atoms with Crippen molar-refractivity contribution in [2.75, 3.05) is 5.32 Å². The van der Waals surface area contributed by atoms with Gasteiger partial charge in [0.05, 0.1) is 16.8 Å². The zero-order valence-corrected chi connectivity index (χ0v) is 10.6. The van der Waals surface area contributed by atoms with E-state index in [0.717, 1.165) is 12.0 Å². The lowest BCUT2D eigenvalue weighted by Crippen LogP contribution is -2.36. The summed E-state index contributed by atoms with van der Waals surface area (Å²) in [5, 5.41) is 3.37. The van der Waals surface area contributed by atoms with Crippen LogP contribution in [0.5, 0.6) is 0 Å². The van der Waals surface area contributed by atoms with Crippen LogP contribution in [0, 0.1) is 12.8 Å². The number of nitrogens with one attached hydrogen (secondary N) is 1. The summed E-state index contributed by atoms with van der Waals surface area (Å²) in [5.74, 6) is 0.494. The Morgan fingerprint density at radius 1 is 1.59 bits per heavy atom. The summed E-state index contributed by atoms with van der Waals surface area (Å²) in [5.41, 5.74) is 7.43. The van der Waals surface area contributed by atoms with Gasteiger partial charge in [-0.2, -0.15) is 0 Å². The number of halogens is 1. The summed E-state index contributed by atoms with van der Waals surface area (Å²) in [6.07, 6.45) is 3.17. The van der Waals surface area contributed by atoms with Crippen molar-refractivity contribution in [3.8, 4) is 0 Å². The fourth-order valence-electron chi connectivity index (χ4n) is 1.79. The topological polar surface area (TPSA) is 55.1 Å². The van der Waals surface area contributed by atoms with Crippen molar-refractivity contribution in [1.29, 1.82) is 0 Å². The molecule has 0 saturated heterocycles. The highest BCUT2D eigenvalue weighted by atomic mass is 35.5. The van der Waals surface area contributed by atoms with Crippen molar-refractivity contribution in [3.63, 3.8) is 0 Å². The van der Waals surface area contributed by atoms with E-state index in [1.807, 2.05) is 19.1 Å². The third kappa shape index (κ3) is 3.20. The zero-order valence-electron chi connectivity index (χ0n) is 9.87. The Bertz CT molecular complexity index is 429. The van der Waals surface area contributed by atoms with E-state index in [4.69, 9.17) is 17.3 Å². The second-order valence-corrected chi connectivity index (χ2v) is 5.09. The average molecular weight is 253 g/mol. The predicted molar refractivity (Wildman–Crippen MR) is 70.1 cm³/mol. The van der Waals surface area contributed by atoms with E-state index in [9.17, 15) is 4.79 Å². The summed E-state index contributed by atoms with van der Waals surface area (Å²) >= 11 is 6.10. The third-order valence-electron chi connectivity index (χ3n) is 3.07. The van der Waals surface area contributed by atoms with Crippen LogP contribution >= 0.6 is 11.6 Å². The normalized spacial score (nSPS) is 16.6. The van der Waals surface area contributed by atoms with Gasteiger partial charge in [-0.25, -0.2) is 0 Å². The van der Waals surface area contributed by atoms with Crippen LogP contribution in [0.25, 0.3) is 0 Å². The first kappa shape index (κ1) is 12.4. The number of carbonyl (C=O) groups excluding carboxylic acids is 1. The van der Waals surface area contributed by atoms with E-state index in [1.165, 1.54) is 12.8 Å². The van der Waals surface area contributed by atoms with Gasteiger partial charge >= 0.3 is 0 Å². The minimum atomic E-state index is -0.431. The zero-order chi connectivity index (χ0) is 12.4. The van der Waals surface area contributed by atoms with Crippen LogP contribution in [0.4, 0.5) is 5.69 Å². The van der Waals surface area contributed by atoms with Gasteiger partial charge in [-0.1, -0.05) is 36.6 Å². The lowest BCUT2D eigenvalue weighted by atomic mass is 10.1. The molecule has 1 aliphatic carbocycles. The van der Waals surface area contributed by atoms with Gasteiger partial charge in [0, 0.05) is 0 Å². The molecule has 0 heterocycles. The van der Waals surface area contributed by atoms with E-state index >= 15 is 0 Å². The van der Waals surface area contributed by atoms with Gasteiger partial charge in [0.25, 0.3) is 0 Å². The highest BCUT2D eigenvalue weighted by Gasteiger charge is 2.27. The highest BCUT2D eigenvalue weighted by Crippen LogP contribution is 2.33. The van der Waals surface area contributed by atoms with Crippen molar-refractivity contribution < 1.29 is 4.79 Å². The first-order valence-electron chi connectivity index (χ1n) is 5.89. The van der Waals surface area contributed by atoms with Gasteiger partial charge in [-0.15, -0.1) is 0 Å². The van der Waals surface area contributed by atoms with E-state index in [-0.39, 0.29) is 5.91 Å². The maximum absolute atomic E-state index is 11.8. The van der Waals surface area contributed by atoms with Crippen molar-refractivity contribution in [2.45, 2.75) is 32.2 Å². The average Bonchev–Trinajstić information content (AvgIpc) is 3.08. The fourth-order valence-corrected chi connectivity index (χ4v) is 1.96.